The smallest absolute Gasteiger partial charge is 0.245 e. The molecule has 3 aromatic carbocycles. The highest BCUT2D eigenvalue weighted by molar-refractivity contribution is 7.89. The zero-order valence-electron chi connectivity index (χ0n) is 15.8. The molecule has 0 fully saturated rings. The van der Waals surface area contributed by atoms with Gasteiger partial charge in [0.25, 0.3) is 0 Å². The third kappa shape index (κ3) is 3.96. The zero-order valence-corrected chi connectivity index (χ0v) is 17.4. The molecule has 0 N–H and O–H groups in total. The Morgan fingerprint density at radius 2 is 1.57 bits per heavy atom. The second-order valence-corrected chi connectivity index (χ2v) is 9.28. The van der Waals surface area contributed by atoms with E-state index in [0.29, 0.717) is 10.7 Å². The fraction of sp³-hybridized carbons (Fsp3) is 0.136. The molecule has 1 amide bonds. The Morgan fingerprint density at radius 3 is 2.30 bits per heavy atom. The van der Waals surface area contributed by atoms with Crippen LogP contribution in [-0.2, 0) is 27.9 Å². The first-order valence-electron chi connectivity index (χ1n) is 9.23. The van der Waals surface area contributed by atoms with E-state index in [-0.39, 0.29) is 30.1 Å². The monoisotopic (exact) mass is 444 g/mol. The summed E-state index contributed by atoms with van der Waals surface area (Å²) < 4.78 is 41.9. The number of para-hydroxylation sites is 1. The van der Waals surface area contributed by atoms with Crippen molar-refractivity contribution in [2.24, 2.45) is 0 Å². The number of halogens is 2. The molecule has 4 rings (SSSR count). The van der Waals surface area contributed by atoms with E-state index in [2.05, 4.69) is 0 Å². The lowest BCUT2D eigenvalue weighted by Gasteiger charge is -2.22. The van der Waals surface area contributed by atoms with Gasteiger partial charge in [-0.25, -0.2) is 12.8 Å². The first-order chi connectivity index (χ1) is 14.4. The number of nitrogens with zero attached hydrogens (tertiary/aromatic N) is 2. The molecule has 1 aliphatic rings. The Balaban J connectivity index is 1.75. The van der Waals surface area contributed by atoms with E-state index >= 15 is 0 Å². The van der Waals surface area contributed by atoms with Gasteiger partial charge < -0.3 is 4.90 Å². The lowest BCUT2D eigenvalue weighted by molar-refractivity contribution is -0.119. The van der Waals surface area contributed by atoms with E-state index in [1.165, 1.54) is 29.2 Å². The summed E-state index contributed by atoms with van der Waals surface area (Å²) in [6.07, 6.45) is 0. The van der Waals surface area contributed by atoms with Gasteiger partial charge in [-0.05, 0) is 35.9 Å². The van der Waals surface area contributed by atoms with Crippen LogP contribution in [0.25, 0.3) is 0 Å². The number of amides is 1. The fourth-order valence-electron chi connectivity index (χ4n) is 3.40. The van der Waals surface area contributed by atoms with Crippen LogP contribution in [0.3, 0.4) is 0 Å². The Kier molecular flexibility index (Phi) is 5.60. The van der Waals surface area contributed by atoms with Crippen molar-refractivity contribution in [2.75, 3.05) is 11.4 Å². The molecule has 0 radical (unpaired) electrons. The Labute approximate surface area is 179 Å². The number of carbonyl (C=O) groups is 1. The number of carbonyl (C=O) groups excluding carboxylic acids is 1. The predicted molar refractivity (Wildman–Crippen MR) is 113 cm³/mol. The minimum Gasteiger partial charge on any atom is -0.305 e. The van der Waals surface area contributed by atoms with E-state index in [1.54, 1.807) is 48.5 Å². The van der Waals surface area contributed by atoms with Crippen LogP contribution in [0, 0.1) is 5.82 Å². The lowest BCUT2D eigenvalue weighted by atomic mass is 10.2. The molecule has 0 unspecified atom stereocenters. The molecule has 3 aromatic rings. The van der Waals surface area contributed by atoms with Crippen molar-refractivity contribution in [3.63, 3.8) is 0 Å². The van der Waals surface area contributed by atoms with Crippen LogP contribution >= 0.6 is 11.6 Å². The van der Waals surface area contributed by atoms with Crippen LogP contribution in [0.4, 0.5) is 10.1 Å². The summed E-state index contributed by atoms with van der Waals surface area (Å²) >= 11 is 5.94. The number of rotatable bonds is 4. The second kappa shape index (κ2) is 8.18. The molecule has 0 aromatic heterocycles. The maximum atomic E-state index is 14.2. The summed E-state index contributed by atoms with van der Waals surface area (Å²) in [6, 6.07) is 19.3. The summed E-state index contributed by atoms with van der Waals surface area (Å²) in [4.78, 5) is 14.6. The number of benzene rings is 3. The zero-order chi connectivity index (χ0) is 21.3. The molecule has 1 aliphatic heterocycles. The van der Waals surface area contributed by atoms with Crippen molar-refractivity contribution in [2.45, 2.75) is 18.0 Å². The minimum absolute atomic E-state index is 0.0150. The third-order valence-corrected chi connectivity index (χ3v) is 7.04. The average Bonchev–Trinajstić information content (AvgIpc) is 2.80. The molecule has 1 heterocycles. The molecule has 0 saturated heterocycles. The minimum atomic E-state index is -4.02. The van der Waals surface area contributed by atoms with E-state index in [9.17, 15) is 17.6 Å². The SMILES string of the molecule is O=C1CN(Cc2ccccc2F)S(=O)(=O)c2ccccc2N1Cc1ccc(Cl)cc1. The maximum absolute atomic E-state index is 14.2. The van der Waals surface area contributed by atoms with Crippen LogP contribution in [0.15, 0.2) is 77.7 Å². The number of hydrogen-bond donors (Lipinski definition) is 0. The standard InChI is InChI=1S/C22H18ClFN2O3S/c23-18-11-9-16(10-12-18)13-26-20-7-3-4-8-21(20)30(28,29)25(15-22(26)27)14-17-5-1-2-6-19(17)24/h1-12H,13-15H2. The van der Waals surface area contributed by atoms with Crippen molar-refractivity contribution >= 4 is 33.2 Å². The van der Waals surface area contributed by atoms with Gasteiger partial charge in [0.2, 0.25) is 15.9 Å². The van der Waals surface area contributed by atoms with E-state index in [4.69, 9.17) is 11.6 Å². The average molecular weight is 445 g/mol. The van der Waals surface area contributed by atoms with Gasteiger partial charge in [-0.15, -0.1) is 0 Å². The highest BCUT2D eigenvalue weighted by Crippen LogP contribution is 2.33. The Bertz CT molecular complexity index is 1200. The number of anilines is 1. The van der Waals surface area contributed by atoms with Crippen molar-refractivity contribution in [1.29, 1.82) is 0 Å². The molecule has 0 aliphatic carbocycles. The van der Waals surface area contributed by atoms with Crippen LogP contribution in [0.5, 0.6) is 0 Å². The van der Waals surface area contributed by atoms with Crippen LogP contribution < -0.4 is 4.90 Å². The second-order valence-electron chi connectivity index (χ2n) is 6.94. The summed E-state index contributed by atoms with van der Waals surface area (Å²) in [7, 11) is -4.02. The number of fused-ring (bicyclic) bond motifs is 1. The maximum Gasteiger partial charge on any atom is 0.245 e. The van der Waals surface area contributed by atoms with Crippen LogP contribution in [-0.4, -0.2) is 25.2 Å². The molecular formula is C22H18ClFN2O3S. The van der Waals surface area contributed by atoms with Gasteiger partial charge in [0, 0.05) is 17.1 Å². The largest absolute Gasteiger partial charge is 0.305 e. The van der Waals surface area contributed by atoms with Crippen molar-refractivity contribution < 1.29 is 17.6 Å². The molecule has 0 bridgehead atoms. The summed E-state index contributed by atoms with van der Waals surface area (Å²) in [5, 5.41) is 0.569. The molecule has 30 heavy (non-hydrogen) atoms. The lowest BCUT2D eigenvalue weighted by Crippen LogP contribution is -2.39. The van der Waals surface area contributed by atoms with Crippen LogP contribution in [0.1, 0.15) is 11.1 Å². The van der Waals surface area contributed by atoms with E-state index < -0.39 is 21.7 Å². The van der Waals surface area contributed by atoms with Crippen molar-refractivity contribution in [1.82, 2.24) is 4.31 Å². The van der Waals surface area contributed by atoms with Crippen molar-refractivity contribution in [3.8, 4) is 0 Å². The highest BCUT2D eigenvalue weighted by Gasteiger charge is 2.36. The quantitative estimate of drug-likeness (QED) is 0.605. The fourth-order valence-corrected chi connectivity index (χ4v) is 5.08. The molecular weight excluding hydrogens is 427 g/mol. The number of sulfonamides is 1. The van der Waals surface area contributed by atoms with Gasteiger partial charge >= 0.3 is 0 Å². The Hall–Kier alpha value is -2.74. The highest BCUT2D eigenvalue weighted by atomic mass is 35.5. The van der Waals surface area contributed by atoms with Gasteiger partial charge in [-0.1, -0.05) is 54.1 Å². The summed E-state index contributed by atoms with van der Waals surface area (Å²) in [5.41, 5.74) is 1.31. The van der Waals surface area contributed by atoms with Crippen molar-refractivity contribution in [3.05, 3.63) is 94.8 Å². The molecule has 0 atom stereocenters. The molecule has 0 saturated carbocycles. The predicted octanol–water partition coefficient (Wildman–Crippen LogP) is 4.22. The van der Waals surface area contributed by atoms with E-state index in [0.717, 1.165) is 9.87 Å². The van der Waals surface area contributed by atoms with Gasteiger partial charge in [0.15, 0.2) is 0 Å². The Morgan fingerprint density at radius 1 is 0.900 bits per heavy atom. The topological polar surface area (TPSA) is 57.7 Å². The van der Waals surface area contributed by atoms with E-state index in [1.807, 2.05) is 0 Å². The van der Waals surface area contributed by atoms with Gasteiger partial charge in [-0.3, -0.25) is 4.79 Å². The molecule has 154 valence electrons. The normalized spacial score (nSPS) is 16.2. The van der Waals surface area contributed by atoms with Gasteiger partial charge in [0.05, 0.1) is 18.8 Å². The molecule has 8 heteroatoms. The summed E-state index contributed by atoms with van der Waals surface area (Å²) in [6.45, 7) is -0.432. The van der Waals surface area contributed by atoms with Gasteiger partial charge in [0.1, 0.15) is 10.7 Å². The third-order valence-electron chi connectivity index (χ3n) is 4.95. The van der Waals surface area contributed by atoms with Crippen LogP contribution in [0.2, 0.25) is 5.02 Å². The summed E-state index contributed by atoms with van der Waals surface area (Å²) in [5.74, 6) is -0.912. The molecule has 0 spiro atoms. The molecule has 5 nitrogen and oxygen atoms in total. The first kappa shape index (κ1) is 20.5. The van der Waals surface area contributed by atoms with Gasteiger partial charge in [-0.2, -0.15) is 4.31 Å². The first-order valence-corrected chi connectivity index (χ1v) is 11.1. The number of hydrogen-bond acceptors (Lipinski definition) is 3.